The molecule has 1 unspecified atom stereocenters. The van der Waals surface area contributed by atoms with E-state index in [2.05, 4.69) is 17.1 Å². The minimum Gasteiger partial charge on any atom is -0.292 e. The van der Waals surface area contributed by atoms with Crippen LogP contribution < -0.4 is 4.90 Å². The maximum Gasteiger partial charge on any atom is 0.262 e. The van der Waals surface area contributed by atoms with Gasteiger partial charge in [-0.05, 0) is 18.8 Å². The van der Waals surface area contributed by atoms with Gasteiger partial charge in [0.1, 0.15) is 5.82 Å². The lowest BCUT2D eigenvalue weighted by Gasteiger charge is -2.31. The van der Waals surface area contributed by atoms with Crippen LogP contribution in [0.3, 0.4) is 0 Å². The lowest BCUT2D eigenvalue weighted by molar-refractivity contribution is 0.0973. The Bertz CT molecular complexity index is 725. The van der Waals surface area contributed by atoms with Crippen molar-refractivity contribution in [2.75, 3.05) is 11.4 Å². The molecular formula is C17H23N5O. The van der Waals surface area contributed by atoms with Crippen LogP contribution in [0.25, 0.3) is 0 Å². The van der Waals surface area contributed by atoms with Crippen molar-refractivity contribution < 1.29 is 4.79 Å². The number of aromatic nitrogens is 4. The summed E-state index contributed by atoms with van der Waals surface area (Å²) in [6, 6.07) is 1.93. The standard InChI is InChI=1S/C17H23N5O/c1-12-9-21(15-7-8-18-22(15)10-12)17(23)14-11-20(2)19-16(14)13-5-3-4-6-13/h7-8,11-13H,3-6,9-10H2,1-2H3. The van der Waals surface area contributed by atoms with E-state index in [9.17, 15) is 4.79 Å². The van der Waals surface area contributed by atoms with E-state index < -0.39 is 0 Å². The quantitative estimate of drug-likeness (QED) is 0.856. The summed E-state index contributed by atoms with van der Waals surface area (Å²) < 4.78 is 3.71. The fourth-order valence-corrected chi connectivity index (χ4v) is 3.96. The summed E-state index contributed by atoms with van der Waals surface area (Å²) in [4.78, 5) is 15.1. The van der Waals surface area contributed by atoms with Crippen molar-refractivity contribution in [2.24, 2.45) is 13.0 Å². The summed E-state index contributed by atoms with van der Waals surface area (Å²) >= 11 is 0. The first kappa shape index (κ1) is 14.5. The van der Waals surface area contributed by atoms with E-state index in [-0.39, 0.29) is 5.91 Å². The maximum absolute atomic E-state index is 13.2. The van der Waals surface area contributed by atoms with Crippen molar-refractivity contribution in [3.05, 3.63) is 29.7 Å². The van der Waals surface area contributed by atoms with Crippen LogP contribution in [0.1, 0.15) is 54.6 Å². The summed E-state index contributed by atoms with van der Waals surface area (Å²) in [6.45, 7) is 3.77. The third kappa shape index (κ3) is 2.46. The van der Waals surface area contributed by atoms with Gasteiger partial charge in [-0.3, -0.25) is 14.4 Å². The number of rotatable bonds is 2. The third-order valence-electron chi connectivity index (χ3n) is 5.02. The Labute approximate surface area is 136 Å². The molecule has 1 aliphatic heterocycles. The number of carbonyl (C=O) groups excluding carboxylic acids is 1. The molecule has 2 aromatic heterocycles. The average molecular weight is 313 g/mol. The molecule has 1 atom stereocenters. The first-order valence-corrected chi connectivity index (χ1v) is 8.50. The van der Waals surface area contributed by atoms with Gasteiger partial charge < -0.3 is 0 Å². The van der Waals surface area contributed by atoms with Crippen LogP contribution in [-0.2, 0) is 13.6 Å². The Balaban J connectivity index is 1.70. The smallest absolute Gasteiger partial charge is 0.262 e. The second kappa shape index (κ2) is 5.51. The van der Waals surface area contributed by atoms with Crippen LogP contribution >= 0.6 is 0 Å². The highest BCUT2D eigenvalue weighted by Gasteiger charge is 2.32. The van der Waals surface area contributed by atoms with E-state index in [1.54, 1.807) is 10.9 Å². The third-order valence-corrected chi connectivity index (χ3v) is 5.02. The van der Waals surface area contributed by atoms with E-state index in [4.69, 9.17) is 0 Å². The predicted octanol–water partition coefficient (Wildman–Crippen LogP) is 2.57. The van der Waals surface area contributed by atoms with E-state index in [1.807, 2.05) is 28.9 Å². The van der Waals surface area contributed by atoms with E-state index in [0.29, 0.717) is 11.8 Å². The predicted molar refractivity (Wildman–Crippen MR) is 87.5 cm³/mol. The number of hydrogen-bond acceptors (Lipinski definition) is 3. The molecule has 3 heterocycles. The Morgan fingerprint density at radius 1 is 1.26 bits per heavy atom. The molecule has 2 aromatic rings. The zero-order valence-corrected chi connectivity index (χ0v) is 13.8. The molecule has 0 spiro atoms. The number of fused-ring (bicyclic) bond motifs is 1. The maximum atomic E-state index is 13.2. The van der Waals surface area contributed by atoms with Crippen molar-refractivity contribution in [1.82, 2.24) is 19.6 Å². The Morgan fingerprint density at radius 2 is 2.04 bits per heavy atom. The van der Waals surface area contributed by atoms with Crippen molar-refractivity contribution >= 4 is 11.7 Å². The summed E-state index contributed by atoms with van der Waals surface area (Å²) in [5.74, 6) is 1.79. The largest absolute Gasteiger partial charge is 0.292 e. The van der Waals surface area contributed by atoms with Gasteiger partial charge in [0.15, 0.2) is 0 Å². The normalized spacial score (nSPS) is 21.7. The zero-order chi connectivity index (χ0) is 16.0. The Morgan fingerprint density at radius 3 is 2.83 bits per heavy atom. The van der Waals surface area contributed by atoms with Crippen LogP contribution in [0.4, 0.5) is 5.82 Å². The number of carbonyl (C=O) groups is 1. The average Bonchev–Trinajstić information content (AvgIpc) is 3.24. The molecule has 0 aromatic carbocycles. The fraction of sp³-hybridized carbons (Fsp3) is 0.588. The van der Waals surface area contributed by atoms with Crippen molar-refractivity contribution in [3.63, 3.8) is 0 Å². The lowest BCUT2D eigenvalue weighted by Crippen LogP contribution is -2.41. The molecule has 0 N–H and O–H groups in total. The summed E-state index contributed by atoms with van der Waals surface area (Å²) in [5, 5.41) is 8.96. The molecule has 6 heteroatoms. The fourth-order valence-electron chi connectivity index (χ4n) is 3.96. The van der Waals surface area contributed by atoms with E-state index in [0.717, 1.165) is 43.0 Å². The zero-order valence-electron chi connectivity index (χ0n) is 13.8. The molecule has 122 valence electrons. The SMILES string of the molecule is CC1CN(C(=O)c2cn(C)nc2C2CCCC2)c2ccnn2C1. The molecule has 2 aliphatic rings. The Kier molecular flexibility index (Phi) is 3.47. The number of nitrogens with zero attached hydrogens (tertiary/aromatic N) is 5. The molecule has 4 rings (SSSR count). The van der Waals surface area contributed by atoms with Crippen LogP contribution in [0.5, 0.6) is 0 Å². The molecule has 1 saturated carbocycles. The molecule has 6 nitrogen and oxygen atoms in total. The topological polar surface area (TPSA) is 56.0 Å². The lowest BCUT2D eigenvalue weighted by atomic mass is 9.99. The van der Waals surface area contributed by atoms with Gasteiger partial charge in [0.05, 0.1) is 17.5 Å². The first-order chi connectivity index (χ1) is 11.1. The highest BCUT2D eigenvalue weighted by Crippen LogP contribution is 2.36. The second-order valence-electron chi connectivity index (χ2n) is 6.98. The van der Waals surface area contributed by atoms with E-state index in [1.165, 1.54) is 12.8 Å². The van der Waals surface area contributed by atoms with Gasteiger partial charge in [-0.2, -0.15) is 10.2 Å². The van der Waals surface area contributed by atoms with Gasteiger partial charge in [-0.15, -0.1) is 0 Å². The number of anilines is 1. The molecular weight excluding hydrogens is 290 g/mol. The van der Waals surface area contributed by atoms with Gasteiger partial charge in [0, 0.05) is 38.3 Å². The van der Waals surface area contributed by atoms with Crippen LogP contribution in [0.15, 0.2) is 18.5 Å². The number of hydrogen-bond donors (Lipinski definition) is 0. The minimum absolute atomic E-state index is 0.0632. The van der Waals surface area contributed by atoms with Crippen LogP contribution in [-0.4, -0.2) is 32.0 Å². The molecule has 1 fully saturated rings. The monoisotopic (exact) mass is 313 g/mol. The molecule has 0 saturated heterocycles. The van der Waals surface area contributed by atoms with Crippen molar-refractivity contribution in [3.8, 4) is 0 Å². The summed E-state index contributed by atoms with van der Waals surface area (Å²) in [5.41, 5.74) is 1.75. The highest BCUT2D eigenvalue weighted by molar-refractivity contribution is 6.06. The van der Waals surface area contributed by atoms with Gasteiger partial charge >= 0.3 is 0 Å². The van der Waals surface area contributed by atoms with Crippen molar-refractivity contribution in [2.45, 2.75) is 45.1 Å². The minimum atomic E-state index is 0.0632. The van der Waals surface area contributed by atoms with Gasteiger partial charge in [0.25, 0.3) is 5.91 Å². The molecule has 0 radical (unpaired) electrons. The van der Waals surface area contributed by atoms with Crippen LogP contribution in [0, 0.1) is 5.92 Å². The summed E-state index contributed by atoms with van der Waals surface area (Å²) in [7, 11) is 1.90. The molecule has 0 bridgehead atoms. The molecule has 1 aliphatic carbocycles. The number of aryl methyl sites for hydroxylation is 1. The highest BCUT2D eigenvalue weighted by atomic mass is 16.2. The Hall–Kier alpha value is -2.11. The number of amides is 1. The second-order valence-corrected chi connectivity index (χ2v) is 6.98. The van der Waals surface area contributed by atoms with Gasteiger partial charge in [-0.1, -0.05) is 19.8 Å². The van der Waals surface area contributed by atoms with Crippen LogP contribution in [0.2, 0.25) is 0 Å². The van der Waals surface area contributed by atoms with Gasteiger partial charge in [-0.25, -0.2) is 4.68 Å². The molecule has 23 heavy (non-hydrogen) atoms. The summed E-state index contributed by atoms with van der Waals surface area (Å²) in [6.07, 6.45) is 8.42. The van der Waals surface area contributed by atoms with Gasteiger partial charge in [0.2, 0.25) is 0 Å². The van der Waals surface area contributed by atoms with E-state index >= 15 is 0 Å². The van der Waals surface area contributed by atoms with Crippen molar-refractivity contribution in [1.29, 1.82) is 0 Å². The first-order valence-electron chi connectivity index (χ1n) is 8.50. The molecule has 1 amide bonds.